The number of methoxy groups -OCH3 is 1. The van der Waals surface area contributed by atoms with Crippen molar-refractivity contribution in [3.05, 3.63) is 29.3 Å². The molecule has 0 saturated heterocycles. The average Bonchev–Trinajstić information content (AvgIpc) is 2.95. The van der Waals surface area contributed by atoms with Gasteiger partial charge in [0.25, 0.3) is 0 Å². The van der Waals surface area contributed by atoms with E-state index < -0.39 is 42.0 Å². The Balaban J connectivity index is 2.57. The first-order valence-electron chi connectivity index (χ1n) is 7.24. The van der Waals surface area contributed by atoms with E-state index in [9.17, 15) is 22.4 Å². The highest BCUT2D eigenvalue weighted by molar-refractivity contribution is 5.93. The van der Waals surface area contributed by atoms with Crippen molar-refractivity contribution in [3.8, 4) is 17.1 Å². The van der Waals surface area contributed by atoms with Crippen LogP contribution in [0.25, 0.3) is 11.4 Å². The molecule has 2 rings (SSSR count). The molecule has 0 amide bonds. The number of hydrogen-bond acceptors (Lipinski definition) is 6. The number of hydrogen-bond donors (Lipinski definition) is 1. The summed E-state index contributed by atoms with van der Waals surface area (Å²) in [5.41, 5.74) is -0.805. The van der Waals surface area contributed by atoms with Crippen LogP contribution in [0, 0.1) is 5.82 Å². The number of aliphatic hydroxyl groups excluding tert-OH is 1. The number of carbonyl (C=O) groups excluding carboxylic acids is 1. The van der Waals surface area contributed by atoms with E-state index in [0.717, 1.165) is 20.1 Å². The molecule has 0 aliphatic heterocycles. The second kappa shape index (κ2) is 7.28. The molecule has 1 aromatic carbocycles. The quantitative estimate of drug-likeness (QED) is 0.635. The Hall–Kier alpha value is -2.69. The molecule has 0 bridgehead atoms. The number of alkyl halides is 3. The predicted molar refractivity (Wildman–Crippen MR) is 79.8 cm³/mol. The van der Waals surface area contributed by atoms with Crippen LogP contribution in [0.3, 0.4) is 0 Å². The summed E-state index contributed by atoms with van der Waals surface area (Å²) in [6.07, 6.45) is -6.95. The van der Waals surface area contributed by atoms with E-state index in [1.807, 2.05) is 0 Å². The number of ether oxygens (including phenoxy) is 2. The lowest BCUT2D eigenvalue weighted by molar-refractivity contribution is -0.189. The fourth-order valence-corrected chi connectivity index (χ4v) is 2.02. The Morgan fingerprint density at radius 1 is 1.38 bits per heavy atom. The van der Waals surface area contributed by atoms with Gasteiger partial charge in [0, 0.05) is 7.05 Å². The minimum absolute atomic E-state index is 0.113. The van der Waals surface area contributed by atoms with Crippen molar-refractivity contribution in [1.82, 2.24) is 14.8 Å². The maximum Gasteiger partial charge on any atom is 0.425 e. The van der Waals surface area contributed by atoms with Gasteiger partial charge in [-0.25, -0.2) is 14.2 Å². The maximum absolute atomic E-state index is 14.4. The van der Waals surface area contributed by atoms with Crippen molar-refractivity contribution < 1.29 is 36.9 Å². The zero-order valence-corrected chi connectivity index (χ0v) is 14.0. The number of nitrogens with zero attached hydrogens (tertiary/aromatic N) is 3. The first-order valence-corrected chi connectivity index (χ1v) is 7.24. The molecule has 0 saturated carbocycles. The molecule has 142 valence electrons. The molecule has 26 heavy (non-hydrogen) atoms. The summed E-state index contributed by atoms with van der Waals surface area (Å²) < 4.78 is 63.2. The number of aliphatic hydroxyl groups is 1. The topological polar surface area (TPSA) is 86.5 Å². The highest BCUT2D eigenvalue weighted by Crippen LogP contribution is 2.32. The summed E-state index contributed by atoms with van der Waals surface area (Å²) in [6.45, 7) is 0.271. The van der Waals surface area contributed by atoms with Crippen molar-refractivity contribution >= 4 is 5.97 Å². The molecule has 1 heterocycles. The van der Waals surface area contributed by atoms with Crippen molar-refractivity contribution in [1.29, 1.82) is 0 Å². The Bertz CT molecular complexity index is 820. The van der Waals surface area contributed by atoms with Crippen LogP contribution in [0.15, 0.2) is 12.1 Å². The molecule has 1 aromatic heterocycles. The van der Waals surface area contributed by atoms with Gasteiger partial charge in [-0.1, -0.05) is 0 Å². The van der Waals surface area contributed by atoms with Gasteiger partial charge in [-0.3, -0.25) is 4.68 Å². The van der Waals surface area contributed by atoms with E-state index in [4.69, 9.17) is 9.84 Å². The summed E-state index contributed by atoms with van der Waals surface area (Å²) in [5.74, 6) is -2.63. The van der Waals surface area contributed by atoms with Crippen LogP contribution in [0.2, 0.25) is 0 Å². The van der Waals surface area contributed by atoms with Crippen LogP contribution < -0.4 is 4.74 Å². The lowest BCUT2D eigenvalue weighted by atomic mass is 10.1. The largest absolute Gasteiger partial charge is 0.480 e. The van der Waals surface area contributed by atoms with E-state index >= 15 is 0 Å². The lowest BCUT2D eigenvalue weighted by Gasteiger charge is -2.19. The predicted octanol–water partition coefficient (Wildman–Crippen LogP) is 2.23. The van der Waals surface area contributed by atoms with E-state index in [0.29, 0.717) is 6.07 Å². The fourth-order valence-electron chi connectivity index (χ4n) is 2.02. The average molecular weight is 377 g/mol. The van der Waals surface area contributed by atoms with Crippen LogP contribution in [-0.4, -0.2) is 45.2 Å². The molecule has 7 nitrogen and oxygen atoms in total. The van der Waals surface area contributed by atoms with Crippen LogP contribution in [-0.2, 0) is 18.4 Å². The van der Waals surface area contributed by atoms with E-state index in [2.05, 4.69) is 14.8 Å². The van der Waals surface area contributed by atoms with Crippen LogP contribution >= 0.6 is 0 Å². The molecule has 0 spiro atoms. The molecule has 0 fully saturated rings. The minimum Gasteiger partial charge on any atom is -0.480 e. The van der Waals surface area contributed by atoms with Crippen molar-refractivity contribution in [2.24, 2.45) is 7.05 Å². The van der Waals surface area contributed by atoms with Gasteiger partial charge in [-0.15, -0.1) is 0 Å². The van der Waals surface area contributed by atoms with E-state index in [1.165, 1.54) is 11.7 Å². The zero-order valence-electron chi connectivity index (χ0n) is 14.0. The van der Waals surface area contributed by atoms with Crippen molar-refractivity contribution in [2.45, 2.75) is 25.8 Å². The second-order valence-electron chi connectivity index (χ2n) is 5.25. The summed E-state index contributed by atoms with van der Waals surface area (Å²) >= 11 is 0. The van der Waals surface area contributed by atoms with Crippen molar-refractivity contribution in [3.63, 3.8) is 0 Å². The third-order valence-corrected chi connectivity index (χ3v) is 3.47. The van der Waals surface area contributed by atoms with Crippen molar-refractivity contribution in [2.75, 3.05) is 7.11 Å². The third kappa shape index (κ3) is 3.93. The number of aromatic nitrogens is 3. The molecule has 2 aromatic rings. The Labute approximate surface area is 145 Å². The molecule has 0 aliphatic carbocycles. The Kier molecular flexibility index (Phi) is 5.50. The SMILES string of the molecule is COC(=O)c1cc(F)c(-c2nc(CO)n(C)n2)cc1OC(C)C(F)(F)F. The number of halogens is 4. The monoisotopic (exact) mass is 377 g/mol. The first kappa shape index (κ1) is 19.6. The number of rotatable bonds is 5. The lowest BCUT2D eigenvalue weighted by Crippen LogP contribution is -2.31. The number of esters is 1. The number of carbonyl (C=O) groups is 1. The zero-order chi connectivity index (χ0) is 19.6. The van der Waals surface area contributed by atoms with Gasteiger partial charge in [-0.2, -0.15) is 18.3 Å². The Morgan fingerprint density at radius 3 is 2.54 bits per heavy atom. The highest BCUT2D eigenvalue weighted by atomic mass is 19.4. The van der Waals surface area contributed by atoms with Gasteiger partial charge in [0.2, 0.25) is 0 Å². The highest BCUT2D eigenvalue weighted by Gasteiger charge is 2.39. The third-order valence-electron chi connectivity index (χ3n) is 3.47. The molecular weight excluding hydrogens is 362 g/mol. The second-order valence-corrected chi connectivity index (χ2v) is 5.25. The van der Waals surface area contributed by atoms with Crippen LogP contribution in [0.4, 0.5) is 17.6 Å². The van der Waals surface area contributed by atoms with E-state index in [1.54, 1.807) is 0 Å². The summed E-state index contributed by atoms with van der Waals surface area (Å²) in [6, 6.07) is 1.58. The molecule has 11 heteroatoms. The standard InChI is InChI=1S/C15H15F4N3O4/c1-7(15(17,18)19)26-11-5-8(10(16)4-9(11)14(24)25-3)13-20-12(6-23)22(2)21-13/h4-5,7,23H,6H2,1-3H3. The van der Waals surface area contributed by atoms with Gasteiger partial charge in [0.1, 0.15) is 23.7 Å². The van der Waals surface area contributed by atoms with Gasteiger partial charge < -0.3 is 14.6 Å². The van der Waals surface area contributed by atoms with Gasteiger partial charge in [0.05, 0.1) is 12.7 Å². The van der Waals surface area contributed by atoms with Gasteiger partial charge >= 0.3 is 12.1 Å². The fraction of sp³-hybridized carbons (Fsp3) is 0.400. The number of aryl methyl sites for hydroxylation is 1. The Morgan fingerprint density at radius 2 is 2.04 bits per heavy atom. The molecular formula is C15H15F4N3O4. The van der Waals surface area contributed by atoms with E-state index in [-0.39, 0.29) is 17.2 Å². The van der Waals surface area contributed by atoms with Crippen LogP contribution in [0.1, 0.15) is 23.1 Å². The molecule has 1 atom stereocenters. The summed E-state index contributed by atoms with van der Waals surface area (Å²) in [4.78, 5) is 15.6. The molecule has 1 unspecified atom stereocenters. The van der Waals surface area contributed by atoms with Gasteiger partial charge in [0.15, 0.2) is 17.8 Å². The van der Waals surface area contributed by atoms with Crippen LogP contribution in [0.5, 0.6) is 5.75 Å². The molecule has 0 radical (unpaired) electrons. The first-order chi connectivity index (χ1) is 12.1. The normalized spacial score (nSPS) is 12.8. The molecule has 1 N–H and O–H groups in total. The summed E-state index contributed by atoms with van der Waals surface area (Å²) in [5, 5.41) is 13.0. The minimum atomic E-state index is -4.70. The molecule has 0 aliphatic rings. The van der Waals surface area contributed by atoms with Gasteiger partial charge in [-0.05, 0) is 19.1 Å². The summed E-state index contributed by atoms with van der Waals surface area (Å²) in [7, 11) is 2.45. The smallest absolute Gasteiger partial charge is 0.425 e. The maximum atomic E-state index is 14.4. The number of benzene rings is 1.